The van der Waals surface area contributed by atoms with Crippen molar-refractivity contribution < 1.29 is 24.7 Å². The number of nitrogens with two attached hydrogens (primary N) is 1. The molecule has 2 N–H and O–H groups in total. The number of carbonyl (C=O) groups is 1. The SMILES string of the molecule is CCOc1cc([C@@H]2[NH2+][C@H](C(=O)[O-])CS2)ccc1OCc1cccc(C)c1. The summed E-state index contributed by atoms with van der Waals surface area (Å²) in [6.45, 7) is 4.99. The molecule has 0 amide bonds. The standard InChI is InChI=1S/C20H23NO4S/c1-3-24-18-10-15(19-21-16(12-26-19)20(22)23)7-8-17(18)25-11-14-6-4-5-13(2)9-14/h4-10,16,19,21H,3,11-12H2,1-2H3,(H,22,23)/t16-,19+/m0/s1. The molecule has 0 saturated carbocycles. The highest BCUT2D eigenvalue weighted by Gasteiger charge is 2.31. The van der Waals surface area contributed by atoms with Crippen LogP contribution in [0.5, 0.6) is 11.5 Å². The zero-order valence-corrected chi connectivity index (χ0v) is 15.8. The van der Waals surface area contributed by atoms with Gasteiger partial charge < -0.3 is 24.7 Å². The van der Waals surface area contributed by atoms with Gasteiger partial charge in [0.1, 0.15) is 18.6 Å². The molecule has 2 aromatic rings. The third-order valence-electron chi connectivity index (χ3n) is 4.24. The van der Waals surface area contributed by atoms with Crippen LogP contribution >= 0.6 is 11.8 Å². The highest BCUT2D eigenvalue weighted by atomic mass is 32.2. The van der Waals surface area contributed by atoms with E-state index in [9.17, 15) is 9.90 Å². The first-order valence-electron chi connectivity index (χ1n) is 8.69. The second-order valence-electron chi connectivity index (χ2n) is 6.29. The van der Waals surface area contributed by atoms with E-state index in [0.717, 1.165) is 11.1 Å². The van der Waals surface area contributed by atoms with E-state index in [1.807, 2.05) is 42.6 Å². The number of aryl methyl sites for hydroxylation is 1. The van der Waals surface area contributed by atoms with Crippen LogP contribution in [0.4, 0.5) is 0 Å². The van der Waals surface area contributed by atoms with Crippen LogP contribution < -0.4 is 19.9 Å². The minimum Gasteiger partial charge on any atom is -0.544 e. The van der Waals surface area contributed by atoms with Crippen molar-refractivity contribution >= 4 is 17.7 Å². The minimum absolute atomic E-state index is 0.0305. The summed E-state index contributed by atoms with van der Waals surface area (Å²) in [7, 11) is 0. The fourth-order valence-corrected chi connectivity index (χ4v) is 4.24. The van der Waals surface area contributed by atoms with Crippen molar-refractivity contribution in [3.05, 3.63) is 59.2 Å². The van der Waals surface area contributed by atoms with Crippen LogP contribution in [-0.2, 0) is 11.4 Å². The molecule has 2 aromatic carbocycles. The molecule has 0 radical (unpaired) electrons. The van der Waals surface area contributed by atoms with E-state index in [1.54, 1.807) is 11.8 Å². The van der Waals surface area contributed by atoms with Gasteiger partial charge in [0, 0.05) is 5.56 Å². The van der Waals surface area contributed by atoms with Gasteiger partial charge in [-0.05, 0) is 37.6 Å². The number of ether oxygens (including phenoxy) is 2. The maximum Gasteiger partial charge on any atom is 0.161 e. The lowest BCUT2D eigenvalue weighted by molar-refractivity contribution is -0.690. The average molecular weight is 373 g/mol. The Hall–Kier alpha value is -2.18. The molecule has 6 heteroatoms. The third kappa shape index (κ3) is 4.51. The van der Waals surface area contributed by atoms with Crippen LogP contribution in [0.1, 0.15) is 29.0 Å². The Morgan fingerprint density at radius 1 is 1.23 bits per heavy atom. The van der Waals surface area contributed by atoms with E-state index >= 15 is 0 Å². The molecule has 2 atom stereocenters. The van der Waals surface area contributed by atoms with Crippen LogP contribution in [0.25, 0.3) is 0 Å². The maximum atomic E-state index is 11.0. The van der Waals surface area contributed by atoms with Gasteiger partial charge in [-0.3, -0.25) is 0 Å². The molecule has 5 nitrogen and oxygen atoms in total. The summed E-state index contributed by atoms with van der Waals surface area (Å²) < 4.78 is 11.7. The molecule has 1 aliphatic rings. The molecule has 26 heavy (non-hydrogen) atoms. The Morgan fingerprint density at radius 3 is 2.77 bits per heavy atom. The Kier molecular flexibility index (Phi) is 6.06. The van der Waals surface area contributed by atoms with Crippen molar-refractivity contribution in [3.8, 4) is 11.5 Å². The molecule has 1 aliphatic heterocycles. The lowest BCUT2D eigenvalue weighted by Gasteiger charge is -2.16. The molecule has 3 rings (SSSR count). The number of hydrogen-bond donors (Lipinski definition) is 1. The van der Waals surface area contributed by atoms with E-state index < -0.39 is 12.0 Å². The molecule has 0 spiro atoms. The summed E-state index contributed by atoms with van der Waals surface area (Å²) in [5.74, 6) is 0.908. The number of carbonyl (C=O) groups excluding carboxylic acids is 1. The number of quaternary nitrogens is 1. The first kappa shape index (κ1) is 18.6. The molecule has 0 aliphatic carbocycles. The van der Waals surface area contributed by atoms with Gasteiger partial charge >= 0.3 is 0 Å². The zero-order chi connectivity index (χ0) is 18.5. The van der Waals surface area contributed by atoms with Crippen LogP contribution in [0.15, 0.2) is 42.5 Å². The van der Waals surface area contributed by atoms with Gasteiger partial charge in [0.15, 0.2) is 16.9 Å². The van der Waals surface area contributed by atoms with Crippen molar-refractivity contribution in [2.24, 2.45) is 0 Å². The minimum atomic E-state index is -1.01. The van der Waals surface area contributed by atoms with E-state index in [2.05, 4.69) is 19.1 Å². The van der Waals surface area contributed by atoms with Crippen LogP contribution in [0, 0.1) is 6.92 Å². The van der Waals surface area contributed by atoms with E-state index in [0.29, 0.717) is 30.5 Å². The van der Waals surface area contributed by atoms with Gasteiger partial charge in [-0.25, -0.2) is 0 Å². The molecule has 1 fully saturated rings. The van der Waals surface area contributed by atoms with Crippen molar-refractivity contribution in [2.45, 2.75) is 31.9 Å². The molecule has 1 saturated heterocycles. The first-order valence-corrected chi connectivity index (χ1v) is 9.74. The van der Waals surface area contributed by atoms with Crippen LogP contribution in [0.3, 0.4) is 0 Å². The van der Waals surface area contributed by atoms with Crippen molar-refractivity contribution in [1.29, 1.82) is 0 Å². The second kappa shape index (κ2) is 8.47. The van der Waals surface area contributed by atoms with E-state index in [-0.39, 0.29) is 5.37 Å². The summed E-state index contributed by atoms with van der Waals surface area (Å²) in [4.78, 5) is 11.0. The highest BCUT2D eigenvalue weighted by molar-refractivity contribution is 7.99. The lowest BCUT2D eigenvalue weighted by Crippen LogP contribution is -2.90. The number of aliphatic carboxylic acids is 1. The number of carboxylic acid groups (broad SMARTS) is 1. The summed E-state index contributed by atoms with van der Waals surface area (Å²) in [6.07, 6.45) is 0. The molecular weight excluding hydrogens is 350 g/mol. The Morgan fingerprint density at radius 2 is 2.08 bits per heavy atom. The van der Waals surface area contributed by atoms with E-state index in [1.165, 1.54) is 5.56 Å². The topological polar surface area (TPSA) is 75.2 Å². The second-order valence-corrected chi connectivity index (χ2v) is 7.46. The Labute approximate surface area is 157 Å². The Balaban J connectivity index is 1.73. The van der Waals surface area contributed by atoms with E-state index in [4.69, 9.17) is 9.47 Å². The molecular formula is C20H23NO4S. The fourth-order valence-electron chi connectivity index (χ4n) is 2.94. The number of rotatable bonds is 7. The van der Waals surface area contributed by atoms with Crippen molar-refractivity contribution in [1.82, 2.24) is 0 Å². The summed E-state index contributed by atoms with van der Waals surface area (Å²) >= 11 is 1.60. The Bertz CT molecular complexity index is 780. The normalized spacial score (nSPS) is 19.3. The summed E-state index contributed by atoms with van der Waals surface area (Å²) in [5.41, 5.74) is 3.32. The van der Waals surface area contributed by atoms with Crippen molar-refractivity contribution in [3.63, 3.8) is 0 Å². The maximum absolute atomic E-state index is 11.0. The first-order chi connectivity index (χ1) is 12.6. The number of thioether (sulfide) groups is 1. The van der Waals surface area contributed by atoms with Gasteiger partial charge in [-0.15, -0.1) is 0 Å². The predicted octanol–water partition coefficient (Wildman–Crippen LogP) is 1.40. The predicted molar refractivity (Wildman–Crippen MR) is 99.0 cm³/mol. The summed E-state index contributed by atoms with van der Waals surface area (Å²) in [5, 5.41) is 12.9. The fraction of sp³-hybridized carbons (Fsp3) is 0.350. The lowest BCUT2D eigenvalue weighted by atomic mass is 10.1. The molecule has 138 valence electrons. The van der Waals surface area contributed by atoms with Crippen LogP contribution in [-0.4, -0.2) is 24.4 Å². The smallest absolute Gasteiger partial charge is 0.161 e. The van der Waals surface area contributed by atoms with Gasteiger partial charge in [0.2, 0.25) is 0 Å². The van der Waals surface area contributed by atoms with Gasteiger partial charge in [0.05, 0.1) is 12.4 Å². The largest absolute Gasteiger partial charge is 0.544 e. The monoisotopic (exact) mass is 373 g/mol. The van der Waals surface area contributed by atoms with Crippen LogP contribution in [0.2, 0.25) is 0 Å². The number of benzene rings is 2. The van der Waals surface area contributed by atoms with Crippen molar-refractivity contribution in [2.75, 3.05) is 12.4 Å². The average Bonchev–Trinajstić information content (AvgIpc) is 3.11. The quantitative estimate of drug-likeness (QED) is 0.794. The van der Waals surface area contributed by atoms with Gasteiger partial charge in [-0.1, -0.05) is 41.6 Å². The number of hydrogen-bond acceptors (Lipinski definition) is 5. The molecule has 0 bridgehead atoms. The zero-order valence-electron chi connectivity index (χ0n) is 14.9. The number of carboxylic acids is 1. The molecule has 0 aromatic heterocycles. The van der Waals surface area contributed by atoms with Gasteiger partial charge in [0.25, 0.3) is 0 Å². The summed E-state index contributed by atoms with van der Waals surface area (Å²) in [6, 6.07) is 13.5. The third-order valence-corrected chi connectivity index (χ3v) is 5.58. The molecule has 1 heterocycles. The molecule has 0 unspecified atom stereocenters. The van der Waals surface area contributed by atoms with Gasteiger partial charge in [-0.2, -0.15) is 0 Å². The highest BCUT2D eigenvalue weighted by Crippen LogP contribution is 2.34.